The van der Waals surface area contributed by atoms with Gasteiger partial charge in [0.25, 0.3) is 0 Å². The first-order valence-corrected chi connectivity index (χ1v) is 12.4. The second-order valence-corrected chi connectivity index (χ2v) is 8.82. The van der Waals surface area contributed by atoms with Gasteiger partial charge in [0.2, 0.25) is 0 Å². The Labute approximate surface area is 175 Å². The van der Waals surface area contributed by atoms with Gasteiger partial charge in [-0.25, -0.2) is 0 Å². The van der Waals surface area contributed by atoms with E-state index in [4.69, 9.17) is 0 Å². The van der Waals surface area contributed by atoms with E-state index in [-0.39, 0.29) is 26.3 Å². The SMILES string of the molecule is CCCCCCCCCCC(CCCCCCCC)C[N+]([O-])(CCO)CCO. The van der Waals surface area contributed by atoms with E-state index in [0.29, 0.717) is 12.5 Å². The third-order valence-electron chi connectivity index (χ3n) is 6.04. The first-order chi connectivity index (χ1) is 13.6. The van der Waals surface area contributed by atoms with Crippen molar-refractivity contribution >= 4 is 0 Å². The summed E-state index contributed by atoms with van der Waals surface area (Å²) in [6.07, 6.45) is 20.5. The van der Waals surface area contributed by atoms with Crippen molar-refractivity contribution in [3.63, 3.8) is 0 Å². The van der Waals surface area contributed by atoms with Crippen LogP contribution in [0.2, 0.25) is 0 Å². The van der Waals surface area contributed by atoms with Crippen LogP contribution in [0.5, 0.6) is 0 Å². The lowest BCUT2D eigenvalue weighted by molar-refractivity contribution is -0.884. The first-order valence-electron chi connectivity index (χ1n) is 12.4. The van der Waals surface area contributed by atoms with Gasteiger partial charge in [-0.05, 0) is 12.8 Å². The average molecular weight is 402 g/mol. The van der Waals surface area contributed by atoms with Crippen molar-refractivity contribution in [1.82, 2.24) is 0 Å². The fourth-order valence-electron chi connectivity index (χ4n) is 4.24. The molecular weight excluding hydrogens is 350 g/mol. The molecule has 0 heterocycles. The van der Waals surface area contributed by atoms with Gasteiger partial charge in [0.15, 0.2) is 0 Å². The summed E-state index contributed by atoms with van der Waals surface area (Å²) in [4.78, 5) is 0. The number of aliphatic hydroxyl groups is 2. The van der Waals surface area contributed by atoms with Gasteiger partial charge >= 0.3 is 0 Å². The summed E-state index contributed by atoms with van der Waals surface area (Å²) in [5.74, 6) is 0.432. The van der Waals surface area contributed by atoms with Crippen LogP contribution >= 0.6 is 0 Å². The Morgan fingerprint density at radius 2 is 0.964 bits per heavy atom. The van der Waals surface area contributed by atoms with Crippen molar-refractivity contribution in [2.75, 3.05) is 32.8 Å². The highest BCUT2D eigenvalue weighted by Crippen LogP contribution is 2.23. The lowest BCUT2D eigenvalue weighted by Gasteiger charge is -2.44. The molecular formula is C24H51NO3. The normalized spacial score (nSPS) is 13.2. The largest absolute Gasteiger partial charge is 0.633 e. The smallest absolute Gasteiger partial charge is 0.102 e. The van der Waals surface area contributed by atoms with Crippen LogP contribution in [0.4, 0.5) is 0 Å². The molecule has 0 aliphatic carbocycles. The minimum absolute atomic E-state index is 0.0923. The minimum atomic E-state index is -0.426. The molecule has 0 fully saturated rings. The van der Waals surface area contributed by atoms with Crippen molar-refractivity contribution in [2.45, 2.75) is 117 Å². The van der Waals surface area contributed by atoms with Crippen molar-refractivity contribution in [1.29, 1.82) is 0 Å². The van der Waals surface area contributed by atoms with Crippen molar-refractivity contribution in [3.05, 3.63) is 5.21 Å². The van der Waals surface area contributed by atoms with Crippen LogP contribution in [0.1, 0.15) is 117 Å². The van der Waals surface area contributed by atoms with Crippen LogP contribution in [-0.2, 0) is 0 Å². The zero-order valence-corrected chi connectivity index (χ0v) is 19.2. The van der Waals surface area contributed by atoms with Gasteiger partial charge in [0, 0.05) is 5.92 Å². The van der Waals surface area contributed by atoms with Gasteiger partial charge < -0.3 is 20.1 Å². The predicted octanol–water partition coefficient (Wildman–Crippen LogP) is 6.18. The predicted molar refractivity (Wildman–Crippen MR) is 121 cm³/mol. The summed E-state index contributed by atoms with van der Waals surface area (Å²) in [6.45, 7) is 5.30. The highest BCUT2D eigenvalue weighted by molar-refractivity contribution is 4.63. The van der Waals surface area contributed by atoms with Crippen LogP contribution in [0, 0.1) is 11.1 Å². The molecule has 0 rings (SSSR count). The molecule has 4 heteroatoms. The lowest BCUT2D eigenvalue weighted by Crippen LogP contribution is -2.49. The average Bonchev–Trinajstić information content (AvgIpc) is 2.66. The Bertz CT molecular complexity index is 306. The molecule has 0 radical (unpaired) electrons. The number of quaternary nitrogens is 1. The maximum Gasteiger partial charge on any atom is 0.102 e. The molecule has 0 aliphatic heterocycles. The maximum absolute atomic E-state index is 12.9. The Kier molecular flexibility index (Phi) is 20.0. The number of rotatable bonds is 22. The standard InChI is InChI=1S/C24H51NO3/c1-3-5-7-9-11-12-14-16-18-24(17-15-13-10-8-6-4-2)23-25(28,19-21-26)20-22-27/h24,26-27H,3-23H2,1-2H3. The van der Waals surface area contributed by atoms with E-state index in [0.717, 1.165) is 12.8 Å². The molecule has 0 saturated carbocycles. The summed E-state index contributed by atoms with van der Waals surface area (Å²) in [7, 11) is 0. The summed E-state index contributed by atoms with van der Waals surface area (Å²) < 4.78 is -0.426. The van der Waals surface area contributed by atoms with Crippen LogP contribution in [0.15, 0.2) is 0 Å². The minimum Gasteiger partial charge on any atom is -0.633 e. The van der Waals surface area contributed by atoms with Crippen LogP contribution in [-0.4, -0.2) is 47.7 Å². The van der Waals surface area contributed by atoms with Crippen molar-refractivity contribution < 1.29 is 14.9 Å². The van der Waals surface area contributed by atoms with E-state index in [1.54, 1.807) is 0 Å². The van der Waals surface area contributed by atoms with Gasteiger partial charge in [-0.2, -0.15) is 0 Å². The number of hydrogen-bond acceptors (Lipinski definition) is 3. The van der Waals surface area contributed by atoms with E-state index in [9.17, 15) is 15.4 Å². The summed E-state index contributed by atoms with van der Waals surface area (Å²) in [5.41, 5.74) is 0. The van der Waals surface area contributed by atoms with Crippen LogP contribution < -0.4 is 0 Å². The molecule has 0 aliphatic rings. The summed E-state index contributed by atoms with van der Waals surface area (Å²) in [6, 6.07) is 0. The third-order valence-corrected chi connectivity index (χ3v) is 6.04. The van der Waals surface area contributed by atoms with E-state index < -0.39 is 4.65 Å². The molecule has 28 heavy (non-hydrogen) atoms. The number of aliphatic hydroxyl groups excluding tert-OH is 2. The number of hydrogen-bond donors (Lipinski definition) is 2. The molecule has 0 aromatic heterocycles. The Morgan fingerprint density at radius 1 is 0.607 bits per heavy atom. The molecule has 0 spiro atoms. The quantitative estimate of drug-likeness (QED) is 0.129. The molecule has 0 aromatic rings. The topological polar surface area (TPSA) is 63.5 Å². The van der Waals surface area contributed by atoms with Gasteiger partial charge in [-0.15, -0.1) is 0 Å². The summed E-state index contributed by atoms with van der Waals surface area (Å²) in [5, 5.41) is 31.5. The fourth-order valence-corrected chi connectivity index (χ4v) is 4.24. The Morgan fingerprint density at radius 3 is 1.32 bits per heavy atom. The van der Waals surface area contributed by atoms with Crippen molar-refractivity contribution in [3.8, 4) is 0 Å². The molecule has 170 valence electrons. The van der Waals surface area contributed by atoms with Crippen LogP contribution in [0.25, 0.3) is 0 Å². The first kappa shape index (κ1) is 27.8. The van der Waals surface area contributed by atoms with E-state index in [1.165, 1.54) is 89.9 Å². The van der Waals surface area contributed by atoms with E-state index in [2.05, 4.69) is 13.8 Å². The molecule has 4 nitrogen and oxygen atoms in total. The van der Waals surface area contributed by atoms with E-state index in [1.807, 2.05) is 0 Å². The molecule has 1 atom stereocenters. The van der Waals surface area contributed by atoms with Gasteiger partial charge in [-0.1, -0.05) is 104 Å². The van der Waals surface area contributed by atoms with E-state index >= 15 is 0 Å². The van der Waals surface area contributed by atoms with Gasteiger partial charge in [0.1, 0.15) is 13.1 Å². The molecule has 0 saturated heterocycles. The number of nitrogens with zero attached hydrogens (tertiary/aromatic N) is 1. The number of hydroxylamine groups is 3. The highest BCUT2D eigenvalue weighted by atomic mass is 16.5. The monoisotopic (exact) mass is 401 g/mol. The lowest BCUT2D eigenvalue weighted by atomic mass is 9.93. The Hall–Kier alpha value is -0.160. The maximum atomic E-state index is 12.9. The molecule has 1 unspecified atom stereocenters. The zero-order chi connectivity index (χ0) is 20.9. The zero-order valence-electron chi connectivity index (χ0n) is 19.2. The highest BCUT2D eigenvalue weighted by Gasteiger charge is 2.22. The van der Waals surface area contributed by atoms with Crippen LogP contribution in [0.3, 0.4) is 0 Å². The van der Waals surface area contributed by atoms with Gasteiger partial charge in [0.05, 0.1) is 19.8 Å². The molecule has 2 N–H and O–H groups in total. The molecule has 0 aromatic carbocycles. The Balaban J connectivity index is 4.26. The molecule has 0 amide bonds. The summed E-state index contributed by atoms with van der Waals surface area (Å²) >= 11 is 0. The number of unbranched alkanes of at least 4 members (excludes halogenated alkanes) is 12. The molecule has 0 bridgehead atoms. The second kappa shape index (κ2) is 20.1. The van der Waals surface area contributed by atoms with Crippen molar-refractivity contribution in [2.24, 2.45) is 5.92 Å². The van der Waals surface area contributed by atoms with Gasteiger partial charge in [-0.3, -0.25) is 0 Å². The fraction of sp³-hybridized carbons (Fsp3) is 1.00. The second-order valence-electron chi connectivity index (χ2n) is 8.82. The third kappa shape index (κ3) is 16.8.